The normalized spacial score (nSPS) is 20.6. The van der Waals surface area contributed by atoms with E-state index in [1.807, 2.05) is 6.92 Å². The molecule has 2 fully saturated rings. The Labute approximate surface area is 180 Å². The third-order valence-corrected chi connectivity index (χ3v) is 4.88. The van der Waals surface area contributed by atoms with Crippen molar-refractivity contribution >= 4 is 36.0 Å². The maximum atomic E-state index is 11.8. The van der Waals surface area contributed by atoms with Crippen LogP contribution >= 0.6 is 24.0 Å². The third kappa shape index (κ3) is 8.82. The van der Waals surface area contributed by atoms with Gasteiger partial charge in [0.2, 0.25) is 0 Å². The van der Waals surface area contributed by atoms with E-state index >= 15 is 0 Å². The molecule has 0 spiro atoms. The SMILES string of the molecule is CCOC(=O)N1CCC(NC(=NC)NCC(C)CN2CCOCC2)CC1.I. The molecule has 0 aromatic heterocycles. The Morgan fingerprint density at radius 1 is 1.26 bits per heavy atom. The smallest absolute Gasteiger partial charge is 0.409 e. The topological polar surface area (TPSA) is 78.4 Å². The average Bonchev–Trinajstić information content (AvgIpc) is 2.66. The predicted octanol–water partition coefficient (Wildman–Crippen LogP) is 1.36. The van der Waals surface area contributed by atoms with Gasteiger partial charge in [-0.15, -0.1) is 24.0 Å². The number of nitrogens with one attached hydrogen (secondary N) is 2. The number of guanidine groups is 1. The van der Waals surface area contributed by atoms with Crippen LogP contribution in [0.4, 0.5) is 4.79 Å². The molecule has 1 unspecified atom stereocenters. The zero-order chi connectivity index (χ0) is 18.8. The number of halogens is 1. The van der Waals surface area contributed by atoms with Crippen molar-refractivity contribution in [2.45, 2.75) is 32.7 Å². The maximum absolute atomic E-state index is 11.8. The molecule has 0 aliphatic carbocycles. The van der Waals surface area contributed by atoms with Crippen molar-refractivity contribution in [3.63, 3.8) is 0 Å². The van der Waals surface area contributed by atoms with E-state index in [-0.39, 0.29) is 30.1 Å². The number of hydrogen-bond acceptors (Lipinski definition) is 5. The molecule has 9 heteroatoms. The summed E-state index contributed by atoms with van der Waals surface area (Å²) >= 11 is 0. The van der Waals surface area contributed by atoms with Gasteiger partial charge in [0.25, 0.3) is 0 Å². The summed E-state index contributed by atoms with van der Waals surface area (Å²) in [5.41, 5.74) is 0. The number of amides is 1. The second-order valence-electron chi connectivity index (χ2n) is 7.08. The summed E-state index contributed by atoms with van der Waals surface area (Å²) in [6.07, 6.45) is 1.61. The van der Waals surface area contributed by atoms with Gasteiger partial charge in [0.15, 0.2) is 5.96 Å². The molecule has 0 aromatic carbocycles. The van der Waals surface area contributed by atoms with E-state index in [0.29, 0.717) is 18.6 Å². The zero-order valence-electron chi connectivity index (χ0n) is 16.9. The first kappa shape index (κ1) is 24.2. The Morgan fingerprint density at radius 3 is 2.52 bits per heavy atom. The lowest BCUT2D eigenvalue weighted by Gasteiger charge is -2.33. The van der Waals surface area contributed by atoms with Crippen molar-refractivity contribution in [2.24, 2.45) is 10.9 Å². The molecule has 0 aromatic rings. The van der Waals surface area contributed by atoms with E-state index in [0.717, 1.165) is 71.3 Å². The molecule has 158 valence electrons. The van der Waals surface area contributed by atoms with Crippen LogP contribution in [0.1, 0.15) is 26.7 Å². The highest BCUT2D eigenvalue weighted by atomic mass is 127. The average molecular weight is 497 g/mol. The van der Waals surface area contributed by atoms with Gasteiger partial charge in [-0.3, -0.25) is 9.89 Å². The minimum Gasteiger partial charge on any atom is -0.450 e. The molecular formula is C18H36IN5O3. The van der Waals surface area contributed by atoms with Crippen molar-refractivity contribution in [2.75, 3.05) is 66.1 Å². The lowest BCUT2D eigenvalue weighted by atomic mass is 10.1. The lowest BCUT2D eigenvalue weighted by Crippen LogP contribution is -2.50. The van der Waals surface area contributed by atoms with Gasteiger partial charge < -0.3 is 25.0 Å². The number of rotatable bonds is 6. The summed E-state index contributed by atoms with van der Waals surface area (Å²) in [6, 6.07) is 0.335. The molecule has 1 atom stereocenters. The summed E-state index contributed by atoms with van der Waals surface area (Å²) in [4.78, 5) is 20.3. The van der Waals surface area contributed by atoms with E-state index in [9.17, 15) is 4.79 Å². The lowest BCUT2D eigenvalue weighted by molar-refractivity contribution is 0.0320. The molecule has 0 bridgehead atoms. The van der Waals surface area contributed by atoms with Crippen LogP contribution in [0, 0.1) is 5.92 Å². The first-order valence-corrected chi connectivity index (χ1v) is 9.81. The Balaban J connectivity index is 0.00000364. The Kier molecular flexibility index (Phi) is 12.0. The fourth-order valence-corrected chi connectivity index (χ4v) is 3.37. The van der Waals surface area contributed by atoms with E-state index < -0.39 is 0 Å². The van der Waals surface area contributed by atoms with Crippen molar-refractivity contribution in [3.8, 4) is 0 Å². The number of nitrogens with zero attached hydrogens (tertiary/aromatic N) is 3. The second kappa shape index (κ2) is 13.4. The molecule has 0 saturated carbocycles. The Hall–Kier alpha value is -0.810. The van der Waals surface area contributed by atoms with Crippen LogP contribution in [-0.4, -0.2) is 94.0 Å². The molecule has 2 heterocycles. The monoisotopic (exact) mass is 497 g/mol. The largest absolute Gasteiger partial charge is 0.450 e. The van der Waals surface area contributed by atoms with Crippen molar-refractivity contribution in [3.05, 3.63) is 0 Å². The van der Waals surface area contributed by atoms with Crippen molar-refractivity contribution in [1.29, 1.82) is 0 Å². The van der Waals surface area contributed by atoms with Gasteiger partial charge in [-0.05, 0) is 25.7 Å². The van der Waals surface area contributed by atoms with Crippen LogP contribution in [0.2, 0.25) is 0 Å². The van der Waals surface area contributed by atoms with E-state index in [4.69, 9.17) is 9.47 Å². The number of ether oxygens (including phenoxy) is 2. The van der Waals surface area contributed by atoms with Gasteiger partial charge in [-0.25, -0.2) is 4.79 Å². The number of carbonyl (C=O) groups excluding carboxylic acids is 1. The van der Waals surface area contributed by atoms with Gasteiger partial charge in [0.1, 0.15) is 0 Å². The van der Waals surface area contributed by atoms with E-state index in [2.05, 4.69) is 27.4 Å². The second-order valence-corrected chi connectivity index (χ2v) is 7.08. The number of morpholine rings is 1. The zero-order valence-corrected chi connectivity index (χ0v) is 19.2. The third-order valence-electron chi connectivity index (χ3n) is 4.88. The van der Waals surface area contributed by atoms with Crippen LogP contribution < -0.4 is 10.6 Å². The Bertz CT molecular complexity index is 452. The Morgan fingerprint density at radius 2 is 1.93 bits per heavy atom. The molecule has 2 aliphatic rings. The van der Waals surface area contributed by atoms with Crippen molar-refractivity contribution in [1.82, 2.24) is 20.4 Å². The fourth-order valence-electron chi connectivity index (χ4n) is 3.37. The molecular weight excluding hydrogens is 461 g/mol. The predicted molar refractivity (Wildman–Crippen MR) is 118 cm³/mol. The molecule has 27 heavy (non-hydrogen) atoms. The number of likely N-dealkylation sites (tertiary alicyclic amines) is 1. The van der Waals surface area contributed by atoms with Gasteiger partial charge in [-0.2, -0.15) is 0 Å². The molecule has 0 radical (unpaired) electrons. The van der Waals surface area contributed by atoms with Gasteiger partial charge in [0.05, 0.1) is 19.8 Å². The van der Waals surface area contributed by atoms with Gasteiger partial charge in [0, 0.05) is 52.4 Å². The minimum atomic E-state index is -0.203. The molecule has 8 nitrogen and oxygen atoms in total. The summed E-state index contributed by atoms with van der Waals surface area (Å²) in [5, 5.41) is 6.92. The highest BCUT2D eigenvalue weighted by molar-refractivity contribution is 14.0. The molecule has 1 amide bonds. The van der Waals surface area contributed by atoms with E-state index in [1.54, 1.807) is 11.9 Å². The van der Waals surface area contributed by atoms with Crippen LogP contribution in [0.15, 0.2) is 4.99 Å². The first-order chi connectivity index (χ1) is 12.6. The molecule has 2 N–H and O–H groups in total. The minimum absolute atomic E-state index is 0. The van der Waals surface area contributed by atoms with E-state index in [1.165, 1.54) is 0 Å². The maximum Gasteiger partial charge on any atom is 0.409 e. The number of hydrogen-bond donors (Lipinski definition) is 2. The highest BCUT2D eigenvalue weighted by Crippen LogP contribution is 2.11. The number of aliphatic imine (C=N–C) groups is 1. The van der Waals surface area contributed by atoms with Crippen LogP contribution in [-0.2, 0) is 9.47 Å². The fraction of sp³-hybridized carbons (Fsp3) is 0.889. The molecule has 2 aliphatic heterocycles. The number of piperidine rings is 1. The summed E-state index contributed by atoms with van der Waals surface area (Å²) < 4.78 is 10.5. The van der Waals surface area contributed by atoms with Crippen LogP contribution in [0.5, 0.6) is 0 Å². The molecule has 2 saturated heterocycles. The molecule has 2 rings (SSSR count). The number of carbonyl (C=O) groups is 1. The van der Waals surface area contributed by atoms with Crippen LogP contribution in [0.25, 0.3) is 0 Å². The van der Waals surface area contributed by atoms with Crippen molar-refractivity contribution < 1.29 is 14.3 Å². The summed E-state index contributed by atoms with van der Waals surface area (Å²) in [7, 11) is 1.80. The quantitative estimate of drug-likeness (QED) is 0.328. The van der Waals surface area contributed by atoms with Gasteiger partial charge >= 0.3 is 6.09 Å². The summed E-state index contributed by atoms with van der Waals surface area (Å²) in [5.74, 6) is 1.38. The first-order valence-electron chi connectivity index (χ1n) is 9.81. The summed E-state index contributed by atoms with van der Waals surface area (Å²) in [6.45, 7) is 11.7. The van der Waals surface area contributed by atoms with Crippen LogP contribution in [0.3, 0.4) is 0 Å². The standard InChI is InChI=1S/C18H35N5O3.HI/c1-4-26-18(24)23-7-5-16(6-8-23)21-17(19-3)20-13-15(2)14-22-9-11-25-12-10-22;/h15-16H,4-14H2,1-3H3,(H2,19,20,21);1H. The van der Waals surface area contributed by atoms with Gasteiger partial charge in [-0.1, -0.05) is 6.92 Å². The highest BCUT2D eigenvalue weighted by Gasteiger charge is 2.24.